The van der Waals surface area contributed by atoms with Crippen molar-refractivity contribution in [1.82, 2.24) is 10.2 Å². The molecule has 5 heteroatoms. The molecule has 0 aromatic rings. The largest absolute Gasteiger partial charge is 0.346 e. The Balaban J connectivity index is 4.20. The molecule has 3 N–H and O–H groups in total. The number of likely N-dealkylation sites (N-methyl/N-ethyl adjacent to an activating group) is 1. The maximum Gasteiger partial charge on any atom is 0.242 e. The van der Waals surface area contributed by atoms with E-state index in [9.17, 15) is 9.59 Å². The van der Waals surface area contributed by atoms with E-state index in [1.807, 2.05) is 34.6 Å². The number of nitrogens with zero attached hydrogens (tertiary/aromatic N) is 1. The van der Waals surface area contributed by atoms with Crippen molar-refractivity contribution in [2.75, 3.05) is 13.1 Å². The van der Waals surface area contributed by atoms with E-state index in [2.05, 4.69) is 5.32 Å². The first kappa shape index (κ1) is 15.9. The van der Waals surface area contributed by atoms with E-state index < -0.39 is 6.04 Å². The van der Waals surface area contributed by atoms with Gasteiger partial charge in [-0.25, -0.2) is 0 Å². The Morgan fingerprint density at radius 3 is 2.12 bits per heavy atom. The lowest BCUT2D eigenvalue weighted by Gasteiger charge is -2.25. The van der Waals surface area contributed by atoms with Gasteiger partial charge in [-0.05, 0) is 26.7 Å². The lowest BCUT2D eigenvalue weighted by Crippen LogP contribution is -2.49. The van der Waals surface area contributed by atoms with Gasteiger partial charge < -0.3 is 16.0 Å². The molecular formula is C12H25N3O2. The van der Waals surface area contributed by atoms with Crippen LogP contribution in [0, 0.1) is 5.92 Å². The van der Waals surface area contributed by atoms with Crippen molar-refractivity contribution in [3.63, 3.8) is 0 Å². The van der Waals surface area contributed by atoms with Crippen LogP contribution in [0.4, 0.5) is 0 Å². The Hall–Kier alpha value is -1.10. The zero-order valence-electron chi connectivity index (χ0n) is 11.5. The van der Waals surface area contributed by atoms with Crippen LogP contribution in [0.3, 0.4) is 0 Å². The summed E-state index contributed by atoms with van der Waals surface area (Å²) in [5.74, 6) is -0.280. The van der Waals surface area contributed by atoms with Crippen molar-refractivity contribution in [3.05, 3.63) is 0 Å². The second-order valence-corrected chi connectivity index (χ2v) is 4.76. The highest BCUT2D eigenvalue weighted by atomic mass is 16.2. The summed E-state index contributed by atoms with van der Waals surface area (Å²) in [5, 5.41) is 2.58. The summed E-state index contributed by atoms with van der Waals surface area (Å²) in [6.07, 6.45) is 0. The van der Waals surface area contributed by atoms with Gasteiger partial charge in [-0.15, -0.1) is 0 Å². The predicted octanol–water partition coefficient (Wildman–Crippen LogP) is 0.343. The molecule has 0 spiro atoms. The molecule has 5 nitrogen and oxygen atoms in total. The number of nitrogens with one attached hydrogen (secondary N) is 1. The normalized spacial score (nSPS) is 12.7. The van der Waals surface area contributed by atoms with Crippen LogP contribution in [0.1, 0.15) is 34.6 Å². The van der Waals surface area contributed by atoms with E-state index in [0.717, 1.165) is 0 Å². The zero-order valence-corrected chi connectivity index (χ0v) is 11.5. The average molecular weight is 243 g/mol. The van der Waals surface area contributed by atoms with Crippen LogP contribution < -0.4 is 11.1 Å². The minimum atomic E-state index is -0.558. The highest BCUT2D eigenvalue weighted by Crippen LogP contribution is 1.99. The highest BCUT2D eigenvalue weighted by molar-refractivity contribution is 5.87. The summed E-state index contributed by atoms with van der Waals surface area (Å²) in [7, 11) is 0. The van der Waals surface area contributed by atoms with Crippen LogP contribution in [0.15, 0.2) is 0 Å². The average Bonchev–Trinajstić information content (AvgIpc) is 2.24. The van der Waals surface area contributed by atoms with Gasteiger partial charge in [-0.1, -0.05) is 13.8 Å². The molecule has 0 aromatic heterocycles. The van der Waals surface area contributed by atoms with E-state index >= 15 is 0 Å². The van der Waals surface area contributed by atoms with Gasteiger partial charge in [-0.3, -0.25) is 9.59 Å². The molecule has 0 rings (SSSR count). The molecule has 1 atom stereocenters. The predicted molar refractivity (Wildman–Crippen MR) is 68.3 cm³/mol. The van der Waals surface area contributed by atoms with Crippen LogP contribution in [0.5, 0.6) is 0 Å². The molecule has 100 valence electrons. The molecular weight excluding hydrogens is 218 g/mol. The van der Waals surface area contributed by atoms with Crippen LogP contribution in [0.2, 0.25) is 0 Å². The van der Waals surface area contributed by atoms with E-state index in [1.165, 1.54) is 0 Å². The number of carbonyl (C=O) groups excluding carboxylic acids is 2. The van der Waals surface area contributed by atoms with Crippen LogP contribution in [0.25, 0.3) is 0 Å². The smallest absolute Gasteiger partial charge is 0.242 e. The van der Waals surface area contributed by atoms with Gasteiger partial charge >= 0.3 is 0 Å². The Morgan fingerprint density at radius 1 is 1.24 bits per heavy atom. The first-order valence-electron chi connectivity index (χ1n) is 6.14. The SMILES string of the molecule is CCN(C(=O)CNC(=O)[C@@H](N)C(C)C)C(C)C. The molecule has 0 aliphatic rings. The van der Waals surface area contributed by atoms with Crippen LogP contribution >= 0.6 is 0 Å². The fraction of sp³-hybridized carbons (Fsp3) is 0.833. The van der Waals surface area contributed by atoms with Crippen LogP contribution in [-0.4, -0.2) is 41.9 Å². The third kappa shape index (κ3) is 5.17. The molecule has 0 aliphatic heterocycles. The molecule has 0 bridgehead atoms. The van der Waals surface area contributed by atoms with Crippen molar-refractivity contribution in [3.8, 4) is 0 Å². The van der Waals surface area contributed by atoms with Gasteiger partial charge in [-0.2, -0.15) is 0 Å². The minimum Gasteiger partial charge on any atom is -0.346 e. The van der Waals surface area contributed by atoms with Crippen molar-refractivity contribution < 1.29 is 9.59 Å². The minimum absolute atomic E-state index is 0.0191. The third-order valence-corrected chi connectivity index (χ3v) is 2.72. The number of hydrogen-bond acceptors (Lipinski definition) is 3. The standard InChI is InChI=1S/C12H25N3O2/c1-6-15(9(4)5)10(16)7-14-12(17)11(13)8(2)3/h8-9,11H,6-7,13H2,1-5H3,(H,14,17)/t11-/m0/s1. The lowest BCUT2D eigenvalue weighted by atomic mass is 10.1. The number of amides is 2. The molecule has 0 fully saturated rings. The van der Waals surface area contributed by atoms with Gasteiger partial charge in [0, 0.05) is 12.6 Å². The van der Waals surface area contributed by atoms with Crippen molar-refractivity contribution in [2.24, 2.45) is 11.7 Å². The van der Waals surface area contributed by atoms with Gasteiger partial charge in [0.25, 0.3) is 0 Å². The second kappa shape index (κ2) is 7.27. The highest BCUT2D eigenvalue weighted by Gasteiger charge is 2.20. The Labute approximate surface area is 104 Å². The zero-order chi connectivity index (χ0) is 13.6. The topological polar surface area (TPSA) is 75.4 Å². The monoisotopic (exact) mass is 243 g/mol. The van der Waals surface area contributed by atoms with E-state index in [-0.39, 0.29) is 30.3 Å². The van der Waals surface area contributed by atoms with E-state index in [1.54, 1.807) is 4.90 Å². The number of hydrogen-bond donors (Lipinski definition) is 2. The number of carbonyl (C=O) groups is 2. The molecule has 0 saturated heterocycles. The molecule has 0 saturated carbocycles. The Morgan fingerprint density at radius 2 is 1.76 bits per heavy atom. The Bertz CT molecular complexity index is 264. The quantitative estimate of drug-likeness (QED) is 0.706. The van der Waals surface area contributed by atoms with Gasteiger partial charge in [0.15, 0.2) is 0 Å². The molecule has 0 heterocycles. The van der Waals surface area contributed by atoms with E-state index in [4.69, 9.17) is 5.73 Å². The van der Waals surface area contributed by atoms with Gasteiger partial charge in [0.05, 0.1) is 12.6 Å². The first-order chi connectivity index (χ1) is 7.81. The second-order valence-electron chi connectivity index (χ2n) is 4.76. The molecule has 0 unspecified atom stereocenters. The lowest BCUT2D eigenvalue weighted by molar-refractivity contribution is -0.134. The summed E-state index contributed by atoms with van der Waals surface area (Å²) in [6.45, 7) is 10.2. The summed E-state index contributed by atoms with van der Waals surface area (Å²) in [4.78, 5) is 25.1. The Kier molecular flexibility index (Phi) is 6.80. The van der Waals surface area contributed by atoms with Gasteiger partial charge in [0.1, 0.15) is 0 Å². The molecule has 0 aromatic carbocycles. The number of nitrogens with two attached hydrogens (primary N) is 1. The van der Waals surface area contributed by atoms with E-state index in [0.29, 0.717) is 6.54 Å². The molecule has 2 amide bonds. The fourth-order valence-corrected chi connectivity index (χ4v) is 1.51. The van der Waals surface area contributed by atoms with Crippen molar-refractivity contribution >= 4 is 11.8 Å². The molecule has 0 aliphatic carbocycles. The molecule has 17 heavy (non-hydrogen) atoms. The van der Waals surface area contributed by atoms with Crippen molar-refractivity contribution in [1.29, 1.82) is 0 Å². The number of rotatable bonds is 6. The van der Waals surface area contributed by atoms with Gasteiger partial charge in [0.2, 0.25) is 11.8 Å². The molecule has 0 radical (unpaired) electrons. The summed E-state index contributed by atoms with van der Waals surface area (Å²) in [6, 6.07) is -0.417. The summed E-state index contributed by atoms with van der Waals surface area (Å²) < 4.78 is 0. The first-order valence-corrected chi connectivity index (χ1v) is 6.14. The van der Waals surface area contributed by atoms with Crippen molar-refractivity contribution in [2.45, 2.75) is 46.7 Å². The maximum absolute atomic E-state index is 11.8. The maximum atomic E-state index is 11.8. The summed E-state index contributed by atoms with van der Waals surface area (Å²) >= 11 is 0. The third-order valence-electron chi connectivity index (χ3n) is 2.72. The fourth-order valence-electron chi connectivity index (χ4n) is 1.51. The van der Waals surface area contributed by atoms with Crippen LogP contribution in [-0.2, 0) is 9.59 Å². The summed E-state index contributed by atoms with van der Waals surface area (Å²) in [5.41, 5.74) is 5.68.